The van der Waals surface area contributed by atoms with Gasteiger partial charge in [-0.15, -0.1) is 0 Å². The van der Waals surface area contributed by atoms with Crippen molar-refractivity contribution in [2.75, 3.05) is 7.11 Å². The average molecular weight is 376 g/mol. The van der Waals surface area contributed by atoms with E-state index in [1.54, 1.807) is 30.1 Å². The van der Waals surface area contributed by atoms with E-state index in [9.17, 15) is 4.39 Å². The monoisotopic (exact) mass is 376 g/mol. The number of aromatic nitrogens is 3. The van der Waals surface area contributed by atoms with Crippen molar-refractivity contribution >= 4 is 10.9 Å². The molecule has 6 heteroatoms. The molecule has 5 nitrogen and oxygen atoms in total. The summed E-state index contributed by atoms with van der Waals surface area (Å²) in [6, 6.07) is 16.2. The Labute approximate surface area is 162 Å². The van der Waals surface area contributed by atoms with Crippen molar-refractivity contribution in [1.82, 2.24) is 14.8 Å². The molecule has 0 radical (unpaired) electrons. The molecule has 0 saturated heterocycles. The Morgan fingerprint density at radius 1 is 1.00 bits per heavy atom. The van der Waals surface area contributed by atoms with Gasteiger partial charge in [0.05, 0.1) is 24.5 Å². The van der Waals surface area contributed by atoms with Gasteiger partial charge in [-0.05, 0) is 54.4 Å². The second-order valence-corrected chi connectivity index (χ2v) is 6.82. The molecule has 4 aromatic rings. The van der Waals surface area contributed by atoms with Crippen LogP contribution in [-0.2, 0) is 0 Å². The van der Waals surface area contributed by atoms with Crippen LogP contribution >= 0.6 is 0 Å². The molecule has 0 aliphatic heterocycles. The quantitative estimate of drug-likeness (QED) is 0.571. The Balaban J connectivity index is 1.74. The van der Waals surface area contributed by atoms with Crippen LogP contribution in [0.4, 0.5) is 4.39 Å². The van der Waals surface area contributed by atoms with E-state index in [4.69, 9.17) is 10.5 Å². The normalized spacial score (nSPS) is 13.4. The predicted octanol–water partition coefficient (Wildman–Crippen LogP) is 4.05. The summed E-state index contributed by atoms with van der Waals surface area (Å²) in [4.78, 5) is 4.31. The summed E-state index contributed by atoms with van der Waals surface area (Å²) in [5.41, 5.74) is 10.2. The first kappa shape index (κ1) is 18.1. The van der Waals surface area contributed by atoms with Gasteiger partial charge in [0, 0.05) is 29.6 Å². The topological polar surface area (TPSA) is 66.0 Å². The summed E-state index contributed by atoms with van der Waals surface area (Å²) in [5, 5.41) is 5.46. The van der Waals surface area contributed by atoms with Crippen LogP contribution in [0.25, 0.3) is 16.6 Å². The Kier molecular flexibility index (Phi) is 4.79. The van der Waals surface area contributed by atoms with Crippen LogP contribution < -0.4 is 10.5 Å². The molecule has 2 aromatic carbocycles. The molecule has 0 saturated carbocycles. The number of fused-ring (bicyclic) bond motifs is 1. The van der Waals surface area contributed by atoms with Crippen LogP contribution in [0, 0.1) is 5.82 Å². The van der Waals surface area contributed by atoms with E-state index in [1.807, 2.05) is 31.3 Å². The largest absolute Gasteiger partial charge is 0.481 e. The van der Waals surface area contributed by atoms with Gasteiger partial charge in [0.2, 0.25) is 5.88 Å². The molecule has 0 spiro atoms. The Hall–Kier alpha value is -3.25. The van der Waals surface area contributed by atoms with Crippen molar-refractivity contribution in [2.24, 2.45) is 5.73 Å². The molecular formula is C22H21FN4O. The number of halogens is 1. The third-order valence-electron chi connectivity index (χ3n) is 4.88. The van der Waals surface area contributed by atoms with Crippen LogP contribution in [0.15, 0.2) is 67.0 Å². The molecule has 142 valence electrons. The number of benzene rings is 2. The molecule has 0 bridgehead atoms. The number of pyridine rings is 1. The van der Waals surface area contributed by atoms with Crippen molar-refractivity contribution in [3.8, 4) is 11.6 Å². The van der Waals surface area contributed by atoms with Crippen LogP contribution in [-0.4, -0.2) is 27.9 Å². The Morgan fingerprint density at radius 3 is 2.39 bits per heavy atom. The van der Waals surface area contributed by atoms with E-state index in [0.29, 0.717) is 5.88 Å². The maximum atomic E-state index is 13.2. The molecular weight excluding hydrogens is 355 g/mol. The summed E-state index contributed by atoms with van der Waals surface area (Å²) in [5.74, 6) is 0.301. The summed E-state index contributed by atoms with van der Waals surface area (Å²) < 4.78 is 20.2. The lowest BCUT2D eigenvalue weighted by Gasteiger charge is -2.22. The zero-order chi connectivity index (χ0) is 19.7. The predicted molar refractivity (Wildman–Crippen MR) is 107 cm³/mol. The second kappa shape index (κ2) is 7.40. The van der Waals surface area contributed by atoms with Crippen LogP contribution in [0.5, 0.6) is 5.88 Å². The van der Waals surface area contributed by atoms with E-state index in [1.165, 1.54) is 12.1 Å². The van der Waals surface area contributed by atoms with Crippen molar-refractivity contribution in [2.45, 2.75) is 18.9 Å². The van der Waals surface area contributed by atoms with Crippen LogP contribution in [0.3, 0.4) is 0 Å². The number of rotatable bonds is 5. The van der Waals surface area contributed by atoms with Crippen molar-refractivity contribution in [1.29, 1.82) is 0 Å². The molecule has 4 rings (SSSR count). The fourth-order valence-electron chi connectivity index (χ4n) is 3.53. The van der Waals surface area contributed by atoms with Gasteiger partial charge >= 0.3 is 0 Å². The zero-order valence-corrected chi connectivity index (χ0v) is 15.7. The van der Waals surface area contributed by atoms with Gasteiger partial charge in [-0.1, -0.05) is 12.1 Å². The third kappa shape index (κ3) is 3.34. The van der Waals surface area contributed by atoms with E-state index in [0.717, 1.165) is 27.7 Å². The van der Waals surface area contributed by atoms with Gasteiger partial charge in [0.1, 0.15) is 5.82 Å². The average Bonchev–Trinajstić information content (AvgIpc) is 3.12. The minimum atomic E-state index is -0.268. The van der Waals surface area contributed by atoms with Crippen LogP contribution in [0.1, 0.15) is 24.0 Å². The first-order valence-electron chi connectivity index (χ1n) is 9.06. The number of hydrogen-bond donors (Lipinski definition) is 1. The Bertz CT molecular complexity index is 1090. The standard InChI is InChI=1S/C22H21FN4O/c1-14(24)22(16-4-10-21(28-2)25-12-16)15-3-9-20-17(11-15)13-26-27(20)19-7-5-18(23)6-8-19/h3-14,22H,24H2,1-2H3/t14-,22+/m0/s1. The summed E-state index contributed by atoms with van der Waals surface area (Å²) >= 11 is 0. The minimum Gasteiger partial charge on any atom is -0.481 e. The Morgan fingerprint density at radius 2 is 1.75 bits per heavy atom. The highest BCUT2D eigenvalue weighted by molar-refractivity contribution is 5.81. The molecule has 0 aliphatic rings. The van der Waals surface area contributed by atoms with Gasteiger partial charge < -0.3 is 10.5 Å². The molecule has 0 aliphatic carbocycles. The lowest BCUT2D eigenvalue weighted by atomic mass is 9.86. The molecule has 28 heavy (non-hydrogen) atoms. The van der Waals surface area contributed by atoms with Crippen molar-refractivity contribution in [3.63, 3.8) is 0 Å². The van der Waals surface area contributed by atoms with Gasteiger partial charge in [0.25, 0.3) is 0 Å². The van der Waals surface area contributed by atoms with Gasteiger partial charge in [-0.25, -0.2) is 14.1 Å². The minimum absolute atomic E-state index is 0.00280. The fraction of sp³-hybridized carbons (Fsp3) is 0.182. The molecule has 2 N–H and O–H groups in total. The number of nitrogens with two attached hydrogens (primary N) is 1. The fourth-order valence-corrected chi connectivity index (χ4v) is 3.53. The highest BCUT2D eigenvalue weighted by Crippen LogP contribution is 2.30. The van der Waals surface area contributed by atoms with Crippen molar-refractivity contribution < 1.29 is 9.13 Å². The first-order valence-corrected chi connectivity index (χ1v) is 9.06. The van der Waals surface area contributed by atoms with E-state index in [-0.39, 0.29) is 17.8 Å². The first-order chi connectivity index (χ1) is 13.6. The van der Waals surface area contributed by atoms with E-state index >= 15 is 0 Å². The lowest BCUT2D eigenvalue weighted by molar-refractivity contribution is 0.397. The molecule has 0 fully saturated rings. The number of nitrogens with zero attached hydrogens (tertiary/aromatic N) is 3. The lowest BCUT2D eigenvalue weighted by Crippen LogP contribution is -2.25. The SMILES string of the molecule is COc1ccc([C@@H](c2ccc3c(cnn3-c3ccc(F)cc3)c2)[C@H](C)N)cn1. The number of ether oxygens (including phenoxy) is 1. The summed E-state index contributed by atoms with van der Waals surface area (Å²) in [6.45, 7) is 1.99. The molecule has 0 amide bonds. The maximum Gasteiger partial charge on any atom is 0.212 e. The molecule has 2 aromatic heterocycles. The highest BCUT2D eigenvalue weighted by atomic mass is 19.1. The second-order valence-electron chi connectivity index (χ2n) is 6.82. The van der Waals surface area contributed by atoms with Gasteiger partial charge in [0.15, 0.2) is 0 Å². The van der Waals surface area contributed by atoms with Gasteiger partial charge in [-0.2, -0.15) is 5.10 Å². The zero-order valence-electron chi connectivity index (χ0n) is 15.7. The molecule has 2 heterocycles. The smallest absolute Gasteiger partial charge is 0.212 e. The number of hydrogen-bond acceptors (Lipinski definition) is 4. The summed E-state index contributed by atoms with van der Waals surface area (Å²) in [6.07, 6.45) is 3.62. The van der Waals surface area contributed by atoms with E-state index < -0.39 is 0 Å². The summed E-state index contributed by atoms with van der Waals surface area (Å²) in [7, 11) is 1.59. The van der Waals surface area contributed by atoms with Crippen LogP contribution in [0.2, 0.25) is 0 Å². The molecule has 0 unspecified atom stereocenters. The third-order valence-corrected chi connectivity index (χ3v) is 4.88. The van der Waals surface area contributed by atoms with E-state index in [2.05, 4.69) is 22.2 Å². The van der Waals surface area contributed by atoms with Gasteiger partial charge in [-0.3, -0.25) is 0 Å². The molecule has 2 atom stereocenters. The maximum absolute atomic E-state index is 13.2. The number of methoxy groups -OCH3 is 1. The van der Waals surface area contributed by atoms with Crippen molar-refractivity contribution in [3.05, 3.63) is 83.9 Å². The highest BCUT2D eigenvalue weighted by Gasteiger charge is 2.20.